The van der Waals surface area contributed by atoms with Crippen LogP contribution < -0.4 is 15.8 Å². The Labute approximate surface area is 167 Å². The third-order valence-electron chi connectivity index (χ3n) is 4.28. The van der Waals surface area contributed by atoms with Crippen LogP contribution in [0.15, 0.2) is 36.4 Å². The molecule has 1 atom stereocenters. The van der Waals surface area contributed by atoms with Crippen molar-refractivity contribution in [2.75, 3.05) is 33.1 Å². The fourth-order valence-corrected chi connectivity index (χ4v) is 3.17. The second-order valence-electron chi connectivity index (χ2n) is 6.56. The van der Waals surface area contributed by atoms with Gasteiger partial charge in [-0.25, -0.2) is 0 Å². The predicted octanol–water partition coefficient (Wildman–Crippen LogP) is 2.50. The number of nitrogens with zero attached hydrogens (tertiary/aromatic N) is 4. The van der Waals surface area contributed by atoms with Crippen LogP contribution in [0.3, 0.4) is 0 Å². The van der Waals surface area contributed by atoms with Gasteiger partial charge in [0, 0.05) is 11.9 Å². The second-order valence-corrected chi connectivity index (χ2v) is 6.96. The lowest BCUT2D eigenvalue weighted by Gasteiger charge is -2.24. The van der Waals surface area contributed by atoms with Crippen LogP contribution in [0.25, 0.3) is 10.9 Å². The zero-order valence-electron chi connectivity index (χ0n) is 15.8. The topological polar surface area (TPSA) is 106 Å². The number of primary amides is 1. The molecule has 0 aliphatic heterocycles. The van der Waals surface area contributed by atoms with E-state index in [1.807, 2.05) is 37.2 Å². The first-order valence-electron chi connectivity index (χ1n) is 8.57. The number of amides is 1. The Morgan fingerprint density at radius 2 is 2.07 bits per heavy atom. The van der Waals surface area contributed by atoms with E-state index in [-0.39, 0.29) is 6.04 Å². The van der Waals surface area contributed by atoms with Crippen LogP contribution in [0.2, 0.25) is 5.02 Å². The van der Waals surface area contributed by atoms with Crippen molar-refractivity contribution in [3.63, 3.8) is 0 Å². The first kappa shape index (κ1) is 19.8. The maximum Gasteiger partial charge on any atom is 0.250 e. The van der Waals surface area contributed by atoms with Gasteiger partial charge in [0.25, 0.3) is 5.91 Å². The van der Waals surface area contributed by atoms with E-state index in [1.165, 1.54) is 0 Å². The second kappa shape index (κ2) is 8.37. The molecule has 1 heterocycles. The fourth-order valence-electron chi connectivity index (χ4n) is 2.97. The molecular weight excluding hydrogens is 380 g/mol. The normalized spacial score (nSPS) is 12.2. The number of carbonyl (C=O) groups is 1. The zero-order valence-corrected chi connectivity index (χ0v) is 16.6. The predicted molar refractivity (Wildman–Crippen MR) is 109 cm³/mol. The number of nitrogens with one attached hydrogen (secondary N) is 1. The maximum absolute atomic E-state index is 11.7. The van der Waals surface area contributed by atoms with Crippen molar-refractivity contribution in [2.24, 2.45) is 5.73 Å². The molecule has 0 aliphatic carbocycles. The van der Waals surface area contributed by atoms with Crippen molar-refractivity contribution >= 4 is 34.2 Å². The highest BCUT2D eigenvalue weighted by atomic mass is 35.5. The quantitative estimate of drug-likeness (QED) is 0.627. The molecule has 146 valence electrons. The molecule has 28 heavy (non-hydrogen) atoms. The van der Waals surface area contributed by atoms with Crippen LogP contribution >= 0.6 is 11.6 Å². The molecule has 3 N–H and O–H groups in total. The minimum Gasteiger partial charge on any atom is -0.495 e. The molecule has 0 saturated carbocycles. The Bertz CT molecular complexity index is 1010. The van der Waals surface area contributed by atoms with Crippen molar-refractivity contribution in [1.82, 2.24) is 20.3 Å². The lowest BCUT2D eigenvalue weighted by atomic mass is 10.0. The first-order chi connectivity index (χ1) is 13.4. The van der Waals surface area contributed by atoms with E-state index < -0.39 is 5.91 Å². The number of rotatable bonds is 7. The van der Waals surface area contributed by atoms with Gasteiger partial charge in [-0.1, -0.05) is 23.7 Å². The van der Waals surface area contributed by atoms with Crippen LogP contribution in [-0.4, -0.2) is 54.0 Å². The monoisotopic (exact) mass is 400 g/mol. The molecule has 9 heteroatoms. The molecule has 1 amide bonds. The van der Waals surface area contributed by atoms with E-state index in [9.17, 15) is 4.79 Å². The summed E-state index contributed by atoms with van der Waals surface area (Å²) in [6.07, 6.45) is 0. The Morgan fingerprint density at radius 3 is 2.75 bits per heavy atom. The summed E-state index contributed by atoms with van der Waals surface area (Å²) < 4.78 is 5.34. The standard InChI is InChI=1S/C19H21ClN6O2/c1-26(2)10-15(11-7-8-14(20)16(9-11)28-3)22-19-13-6-4-5-12(18(21)27)17(13)23-25-24-19/h4-9,15H,10H2,1-3H3,(H2,21,27)(H,22,23,24). The number of nitrogens with two attached hydrogens (primary N) is 1. The van der Waals surface area contributed by atoms with Crippen molar-refractivity contribution in [2.45, 2.75) is 6.04 Å². The van der Waals surface area contributed by atoms with Gasteiger partial charge in [0.1, 0.15) is 11.3 Å². The Balaban J connectivity index is 2.05. The average molecular weight is 401 g/mol. The summed E-state index contributed by atoms with van der Waals surface area (Å²) >= 11 is 6.16. The van der Waals surface area contributed by atoms with Crippen molar-refractivity contribution < 1.29 is 9.53 Å². The van der Waals surface area contributed by atoms with Gasteiger partial charge in [-0.2, -0.15) is 0 Å². The van der Waals surface area contributed by atoms with E-state index in [0.29, 0.717) is 39.6 Å². The van der Waals surface area contributed by atoms with Crippen LogP contribution in [0, 0.1) is 0 Å². The summed E-state index contributed by atoms with van der Waals surface area (Å²) in [5, 5.41) is 16.5. The van der Waals surface area contributed by atoms with Gasteiger partial charge in [0.05, 0.1) is 23.7 Å². The maximum atomic E-state index is 11.7. The smallest absolute Gasteiger partial charge is 0.250 e. The van der Waals surface area contributed by atoms with Gasteiger partial charge in [0.2, 0.25) is 0 Å². The van der Waals surface area contributed by atoms with Gasteiger partial charge < -0.3 is 20.7 Å². The number of methoxy groups -OCH3 is 1. The molecule has 0 fully saturated rings. The van der Waals surface area contributed by atoms with E-state index >= 15 is 0 Å². The van der Waals surface area contributed by atoms with Crippen LogP contribution in [0.5, 0.6) is 5.75 Å². The van der Waals surface area contributed by atoms with E-state index in [2.05, 4.69) is 20.7 Å². The molecule has 8 nitrogen and oxygen atoms in total. The number of likely N-dealkylation sites (N-methyl/N-ethyl adjacent to an activating group) is 1. The van der Waals surface area contributed by atoms with E-state index in [1.54, 1.807) is 25.3 Å². The third-order valence-corrected chi connectivity index (χ3v) is 4.59. The summed E-state index contributed by atoms with van der Waals surface area (Å²) in [6, 6.07) is 10.6. The molecule has 3 aromatic rings. The molecule has 0 bridgehead atoms. The van der Waals surface area contributed by atoms with Crippen molar-refractivity contribution in [3.8, 4) is 5.75 Å². The molecule has 3 rings (SSSR count). The lowest BCUT2D eigenvalue weighted by Crippen LogP contribution is -2.26. The molecule has 2 aromatic carbocycles. The Morgan fingerprint density at radius 1 is 1.29 bits per heavy atom. The number of carbonyl (C=O) groups excluding carboxylic acids is 1. The van der Waals surface area contributed by atoms with Crippen LogP contribution in [0.1, 0.15) is 22.0 Å². The highest BCUT2D eigenvalue weighted by Gasteiger charge is 2.18. The van der Waals surface area contributed by atoms with Gasteiger partial charge in [-0.3, -0.25) is 4.79 Å². The van der Waals surface area contributed by atoms with E-state index in [4.69, 9.17) is 22.1 Å². The van der Waals surface area contributed by atoms with Gasteiger partial charge >= 0.3 is 0 Å². The van der Waals surface area contributed by atoms with Gasteiger partial charge in [-0.05, 0) is 49.1 Å². The van der Waals surface area contributed by atoms with Crippen molar-refractivity contribution in [1.29, 1.82) is 0 Å². The molecular formula is C19H21ClN6O2. The summed E-state index contributed by atoms with van der Waals surface area (Å²) in [5.74, 6) is 0.532. The van der Waals surface area contributed by atoms with E-state index in [0.717, 1.165) is 5.56 Å². The summed E-state index contributed by atoms with van der Waals surface area (Å²) in [7, 11) is 5.53. The highest BCUT2D eigenvalue weighted by Crippen LogP contribution is 2.31. The molecule has 1 unspecified atom stereocenters. The number of aromatic nitrogens is 3. The van der Waals surface area contributed by atoms with Gasteiger partial charge in [-0.15, -0.1) is 10.2 Å². The number of halogens is 1. The summed E-state index contributed by atoms with van der Waals surface area (Å²) in [5.41, 5.74) is 7.13. The molecule has 0 radical (unpaired) electrons. The summed E-state index contributed by atoms with van der Waals surface area (Å²) in [6.45, 7) is 0.672. The van der Waals surface area contributed by atoms with Crippen molar-refractivity contribution in [3.05, 3.63) is 52.5 Å². The molecule has 0 aliphatic rings. The number of anilines is 1. The SMILES string of the molecule is COc1cc(C(CN(C)C)Nc2nnnc3c(C(N)=O)cccc23)ccc1Cl. The fraction of sp³-hybridized carbons (Fsp3) is 0.263. The number of ether oxygens (including phenoxy) is 1. The van der Waals surface area contributed by atoms with Crippen LogP contribution in [-0.2, 0) is 0 Å². The summed E-state index contributed by atoms with van der Waals surface area (Å²) in [4.78, 5) is 13.7. The number of fused-ring (bicyclic) bond motifs is 1. The highest BCUT2D eigenvalue weighted by molar-refractivity contribution is 6.32. The van der Waals surface area contributed by atoms with Crippen LogP contribution in [0.4, 0.5) is 5.82 Å². The Hall–Kier alpha value is -2.97. The number of hydrogen-bond donors (Lipinski definition) is 2. The lowest BCUT2D eigenvalue weighted by molar-refractivity contribution is 0.100. The third kappa shape index (κ3) is 4.13. The average Bonchev–Trinajstić information content (AvgIpc) is 2.67. The number of hydrogen-bond acceptors (Lipinski definition) is 7. The minimum atomic E-state index is -0.565. The first-order valence-corrected chi connectivity index (χ1v) is 8.95. The molecule has 1 aromatic heterocycles. The zero-order chi connectivity index (χ0) is 20.3. The molecule has 0 spiro atoms. The minimum absolute atomic E-state index is 0.140. The number of benzene rings is 2. The Kier molecular flexibility index (Phi) is 5.91. The molecule has 0 saturated heterocycles. The largest absolute Gasteiger partial charge is 0.495 e. The van der Waals surface area contributed by atoms with Gasteiger partial charge in [0.15, 0.2) is 5.82 Å².